The van der Waals surface area contributed by atoms with Gasteiger partial charge in [0.05, 0.1) is 33.5 Å². The quantitative estimate of drug-likeness (QED) is 0.178. The van der Waals surface area contributed by atoms with Gasteiger partial charge in [-0.1, -0.05) is 153 Å². The lowest BCUT2D eigenvalue weighted by Crippen LogP contribution is -2.15. The van der Waals surface area contributed by atoms with E-state index in [1.54, 1.807) is 0 Å². The van der Waals surface area contributed by atoms with Crippen LogP contribution in [0, 0.1) is 0 Å². The summed E-state index contributed by atoms with van der Waals surface area (Å²) in [6.07, 6.45) is 0. The van der Waals surface area contributed by atoms with Crippen LogP contribution in [0.3, 0.4) is 0 Å². The van der Waals surface area contributed by atoms with Crippen LogP contribution in [-0.2, 0) is 5.41 Å². The molecule has 13 rings (SSSR count). The number of nitrogens with zero attached hydrogens (tertiary/aromatic N) is 4. The number of thiophene rings is 1. The second-order valence-corrected chi connectivity index (χ2v) is 17.6. The highest BCUT2D eigenvalue weighted by Crippen LogP contribution is 2.56. The van der Waals surface area contributed by atoms with Gasteiger partial charge >= 0.3 is 0 Å². The molecule has 8 aromatic carbocycles. The molecule has 0 aliphatic heterocycles. The van der Waals surface area contributed by atoms with Gasteiger partial charge in [-0.3, -0.25) is 4.57 Å². The molecular formula is C55H36N4S. The molecule has 0 saturated carbocycles. The first-order valence-electron chi connectivity index (χ1n) is 20.6. The molecule has 0 amide bonds. The van der Waals surface area contributed by atoms with Gasteiger partial charge in [0, 0.05) is 63.9 Å². The summed E-state index contributed by atoms with van der Waals surface area (Å²) in [6.45, 7) is 4.78. The van der Waals surface area contributed by atoms with Crippen molar-refractivity contribution in [3.63, 3.8) is 0 Å². The Morgan fingerprint density at radius 2 is 1.20 bits per heavy atom. The third-order valence-corrected chi connectivity index (χ3v) is 14.1. The van der Waals surface area contributed by atoms with Crippen LogP contribution in [0.2, 0.25) is 0 Å². The van der Waals surface area contributed by atoms with Crippen molar-refractivity contribution in [1.29, 1.82) is 0 Å². The Hall–Kier alpha value is -7.34. The van der Waals surface area contributed by atoms with Crippen LogP contribution in [-0.4, -0.2) is 19.1 Å². The van der Waals surface area contributed by atoms with Crippen molar-refractivity contribution in [3.8, 4) is 45.3 Å². The molecule has 5 heteroatoms. The number of hydrogen-bond donors (Lipinski definition) is 0. The van der Waals surface area contributed by atoms with E-state index in [1.807, 2.05) is 11.3 Å². The molecule has 4 nitrogen and oxygen atoms in total. The van der Waals surface area contributed by atoms with E-state index < -0.39 is 0 Å². The molecule has 0 atom stereocenters. The van der Waals surface area contributed by atoms with Crippen LogP contribution < -0.4 is 0 Å². The summed E-state index contributed by atoms with van der Waals surface area (Å²) >= 11 is 1.88. The third kappa shape index (κ3) is 4.55. The normalized spacial score (nSPS) is 13.3. The van der Waals surface area contributed by atoms with Crippen molar-refractivity contribution in [2.45, 2.75) is 19.3 Å². The van der Waals surface area contributed by atoms with Crippen molar-refractivity contribution < 1.29 is 0 Å². The van der Waals surface area contributed by atoms with E-state index in [2.05, 4.69) is 205 Å². The number of aromatic nitrogens is 4. The topological polar surface area (TPSA) is 35.6 Å². The van der Waals surface area contributed by atoms with Crippen molar-refractivity contribution in [3.05, 3.63) is 193 Å². The molecule has 1 aliphatic carbocycles. The number of benzene rings is 8. The molecule has 0 fully saturated rings. The van der Waals surface area contributed by atoms with E-state index >= 15 is 0 Å². The molecule has 12 aromatic rings. The Kier molecular flexibility index (Phi) is 6.91. The van der Waals surface area contributed by atoms with Crippen molar-refractivity contribution in [2.24, 2.45) is 0 Å². The first-order valence-corrected chi connectivity index (χ1v) is 21.4. The van der Waals surface area contributed by atoms with E-state index in [1.165, 1.54) is 75.4 Å². The maximum atomic E-state index is 5.55. The highest BCUT2D eigenvalue weighted by Gasteiger charge is 2.41. The van der Waals surface area contributed by atoms with Crippen LogP contribution in [0.25, 0.3) is 109 Å². The molecule has 60 heavy (non-hydrogen) atoms. The number of rotatable bonds is 4. The van der Waals surface area contributed by atoms with Crippen molar-refractivity contribution in [2.75, 3.05) is 0 Å². The monoisotopic (exact) mass is 784 g/mol. The molecule has 0 radical (unpaired) electrons. The lowest BCUT2D eigenvalue weighted by Gasteiger charge is -2.22. The maximum absolute atomic E-state index is 5.55. The minimum atomic E-state index is -0.277. The summed E-state index contributed by atoms with van der Waals surface area (Å²) in [5.41, 5.74) is 14.8. The number of hydrogen-bond acceptors (Lipinski definition) is 3. The Morgan fingerprint density at radius 3 is 2.07 bits per heavy atom. The summed E-state index contributed by atoms with van der Waals surface area (Å²) in [4.78, 5) is 11.0. The Bertz CT molecular complexity index is 3740. The first kappa shape index (κ1) is 33.6. The Balaban J connectivity index is 1.20. The number of fused-ring (bicyclic) bond motifs is 13. The van der Waals surface area contributed by atoms with Gasteiger partial charge < -0.3 is 4.57 Å². The fraction of sp³-hybridized carbons (Fsp3) is 0.0545. The second-order valence-electron chi connectivity index (χ2n) is 16.5. The van der Waals surface area contributed by atoms with Crippen molar-refractivity contribution in [1.82, 2.24) is 19.1 Å². The minimum Gasteiger partial charge on any atom is -0.309 e. The zero-order valence-electron chi connectivity index (χ0n) is 33.0. The third-order valence-electron chi connectivity index (χ3n) is 12.9. The molecular weight excluding hydrogens is 749 g/mol. The summed E-state index contributed by atoms with van der Waals surface area (Å²) in [6, 6.07) is 66.0. The standard InChI is InChI=1S/C55H36N4S/c1-55(2)43-25-12-9-21-40(43)52-49(55)48-46(58(52)35-18-7-4-8-19-35)31-29-38-42-32-34(36-23-15-24-39-37-20-11-14-27-47(37)60-53(36)39)28-30-45(42)59(51(38)48)54-56-44-26-13-10-22-41(44)50(57-54)33-16-5-3-6-17-33/h3-32H,1-2H3. The number of para-hydroxylation sites is 2. The molecule has 0 saturated heterocycles. The fourth-order valence-electron chi connectivity index (χ4n) is 10.3. The highest BCUT2D eigenvalue weighted by molar-refractivity contribution is 7.26. The first-order chi connectivity index (χ1) is 29.5. The Morgan fingerprint density at radius 1 is 0.500 bits per heavy atom. The predicted molar refractivity (Wildman–Crippen MR) is 252 cm³/mol. The average Bonchev–Trinajstić information content (AvgIpc) is 4.02. The van der Waals surface area contributed by atoms with E-state index in [9.17, 15) is 0 Å². The molecule has 282 valence electrons. The SMILES string of the molecule is CC1(C)c2ccccc2-c2c1c1c(ccc3c4cc(-c5cccc6c5sc5ccccc56)ccc4n(-c4nc(-c5ccccc5)c5ccccc5n4)c31)n2-c1ccccc1. The van der Waals surface area contributed by atoms with Crippen LogP contribution >= 0.6 is 11.3 Å². The van der Waals surface area contributed by atoms with Crippen LogP contribution in [0.5, 0.6) is 0 Å². The second kappa shape index (κ2) is 12.3. The van der Waals surface area contributed by atoms with Gasteiger partial charge in [-0.15, -0.1) is 11.3 Å². The van der Waals surface area contributed by atoms with E-state index in [0.717, 1.165) is 38.9 Å². The smallest absolute Gasteiger partial charge is 0.235 e. The van der Waals surface area contributed by atoms with Gasteiger partial charge in [0.15, 0.2) is 0 Å². The zero-order chi connectivity index (χ0) is 39.7. The molecule has 0 N–H and O–H groups in total. The minimum absolute atomic E-state index is 0.277. The summed E-state index contributed by atoms with van der Waals surface area (Å²) in [5, 5.41) is 7.23. The van der Waals surface area contributed by atoms with Gasteiger partial charge in [0.25, 0.3) is 0 Å². The summed E-state index contributed by atoms with van der Waals surface area (Å²) in [7, 11) is 0. The average molecular weight is 785 g/mol. The molecule has 1 aliphatic rings. The molecule has 4 aromatic heterocycles. The molecule has 4 heterocycles. The summed E-state index contributed by atoms with van der Waals surface area (Å²) in [5.74, 6) is 0.661. The van der Waals surface area contributed by atoms with Gasteiger partial charge in [-0.05, 0) is 64.7 Å². The largest absolute Gasteiger partial charge is 0.309 e. The molecule has 0 bridgehead atoms. The van der Waals surface area contributed by atoms with Crippen LogP contribution in [0.15, 0.2) is 182 Å². The summed E-state index contributed by atoms with van der Waals surface area (Å²) < 4.78 is 7.48. The van der Waals surface area contributed by atoms with Gasteiger partial charge in [0.1, 0.15) is 0 Å². The van der Waals surface area contributed by atoms with E-state index in [-0.39, 0.29) is 5.41 Å². The Labute approximate surface area is 350 Å². The van der Waals surface area contributed by atoms with Crippen LogP contribution in [0.4, 0.5) is 0 Å². The lowest BCUT2D eigenvalue weighted by molar-refractivity contribution is 0.666. The van der Waals surface area contributed by atoms with Gasteiger partial charge in [-0.25, -0.2) is 9.97 Å². The fourth-order valence-corrected chi connectivity index (χ4v) is 11.5. The lowest BCUT2D eigenvalue weighted by atomic mass is 9.81. The van der Waals surface area contributed by atoms with Gasteiger partial charge in [-0.2, -0.15) is 0 Å². The maximum Gasteiger partial charge on any atom is 0.235 e. The molecule has 0 unspecified atom stereocenters. The van der Waals surface area contributed by atoms with Crippen molar-refractivity contribution >= 4 is 75.1 Å². The van der Waals surface area contributed by atoms with E-state index in [0.29, 0.717) is 5.95 Å². The van der Waals surface area contributed by atoms with E-state index in [4.69, 9.17) is 9.97 Å². The highest BCUT2D eigenvalue weighted by atomic mass is 32.1. The van der Waals surface area contributed by atoms with Crippen LogP contribution in [0.1, 0.15) is 25.0 Å². The van der Waals surface area contributed by atoms with Gasteiger partial charge in [0.2, 0.25) is 5.95 Å². The zero-order valence-corrected chi connectivity index (χ0v) is 33.8. The molecule has 0 spiro atoms. The predicted octanol–water partition coefficient (Wildman–Crippen LogP) is 14.7.